The molecule has 0 saturated carbocycles. The van der Waals surface area contributed by atoms with E-state index in [0.717, 1.165) is 36.3 Å². The number of hydrogen-bond acceptors (Lipinski definition) is 7. The molecule has 2 N–H and O–H groups in total. The van der Waals surface area contributed by atoms with Crippen LogP contribution in [-0.4, -0.2) is 52.4 Å². The summed E-state index contributed by atoms with van der Waals surface area (Å²) in [7, 11) is 1.64. The van der Waals surface area contributed by atoms with Crippen LogP contribution in [0.4, 0.5) is 0 Å². The molecule has 166 valence electrons. The highest BCUT2D eigenvalue weighted by molar-refractivity contribution is 8.00. The van der Waals surface area contributed by atoms with Crippen molar-refractivity contribution in [2.45, 2.75) is 35.4 Å². The standard InChI is InChI=1S/C23H25N5O3S/c1-30-17-11-9-15(10-12-17)19-20(22(29)24-14-18-8-5-13-31-18)32-23-26-25-21(28(23)27-19)16-6-3-2-4-7-16/h2-4,6-7,9-12,18-20,27H,5,8,13-14H2,1H3,(H,24,29)/t18-,19+,20+/m1/s1. The van der Waals surface area contributed by atoms with E-state index < -0.39 is 5.25 Å². The lowest BCUT2D eigenvalue weighted by atomic mass is 10.0. The zero-order chi connectivity index (χ0) is 21.9. The summed E-state index contributed by atoms with van der Waals surface area (Å²) in [5.74, 6) is 1.44. The van der Waals surface area contributed by atoms with Crippen molar-refractivity contribution in [1.82, 2.24) is 20.2 Å². The number of nitrogens with one attached hydrogen (secondary N) is 2. The molecule has 2 aromatic carbocycles. The summed E-state index contributed by atoms with van der Waals surface area (Å²) in [5.41, 5.74) is 5.43. The summed E-state index contributed by atoms with van der Waals surface area (Å²) in [5, 5.41) is 12.1. The Morgan fingerprint density at radius 1 is 1.22 bits per heavy atom. The summed E-state index contributed by atoms with van der Waals surface area (Å²) >= 11 is 1.42. The highest BCUT2D eigenvalue weighted by Crippen LogP contribution is 2.38. The van der Waals surface area contributed by atoms with Gasteiger partial charge in [0.1, 0.15) is 11.0 Å². The molecule has 0 bridgehead atoms. The summed E-state index contributed by atoms with van der Waals surface area (Å²) in [6.07, 6.45) is 2.11. The number of hydrogen-bond donors (Lipinski definition) is 2. The van der Waals surface area contributed by atoms with Crippen molar-refractivity contribution in [3.63, 3.8) is 0 Å². The van der Waals surface area contributed by atoms with Gasteiger partial charge in [-0.3, -0.25) is 4.79 Å². The van der Waals surface area contributed by atoms with Crippen LogP contribution in [0.3, 0.4) is 0 Å². The van der Waals surface area contributed by atoms with Gasteiger partial charge in [0.25, 0.3) is 0 Å². The van der Waals surface area contributed by atoms with Gasteiger partial charge in [-0.05, 0) is 30.5 Å². The molecule has 3 atom stereocenters. The van der Waals surface area contributed by atoms with Crippen LogP contribution in [0.1, 0.15) is 24.4 Å². The van der Waals surface area contributed by atoms with Crippen molar-refractivity contribution in [2.24, 2.45) is 0 Å². The lowest BCUT2D eigenvalue weighted by molar-refractivity contribution is -0.121. The third-order valence-electron chi connectivity index (χ3n) is 5.73. The zero-order valence-electron chi connectivity index (χ0n) is 17.7. The Morgan fingerprint density at radius 2 is 2.03 bits per heavy atom. The molecule has 3 heterocycles. The first-order valence-corrected chi connectivity index (χ1v) is 11.6. The zero-order valence-corrected chi connectivity index (χ0v) is 18.5. The van der Waals surface area contributed by atoms with Gasteiger partial charge in [-0.15, -0.1) is 10.2 Å². The number of rotatable bonds is 6. The Kier molecular flexibility index (Phi) is 6.00. The second-order valence-corrected chi connectivity index (χ2v) is 8.91. The van der Waals surface area contributed by atoms with E-state index in [1.807, 2.05) is 59.3 Å². The Morgan fingerprint density at radius 3 is 2.75 bits per heavy atom. The average molecular weight is 452 g/mol. The minimum atomic E-state index is -0.412. The van der Waals surface area contributed by atoms with Crippen LogP contribution in [0.15, 0.2) is 59.8 Å². The number of ether oxygens (including phenoxy) is 2. The van der Waals surface area contributed by atoms with Gasteiger partial charge in [0.05, 0.1) is 19.3 Å². The third kappa shape index (κ3) is 4.18. The van der Waals surface area contributed by atoms with Crippen LogP contribution in [0.5, 0.6) is 5.75 Å². The number of carbonyl (C=O) groups is 1. The number of carbonyl (C=O) groups excluding carboxylic acids is 1. The molecule has 0 spiro atoms. The molecule has 2 aliphatic heterocycles. The second kappa shape index (κ2) is 9.22. The van der Waals surface area contributed by atoms with Gasteiger partial charge in [0.2, 0.25) is 11.1 Å². The summed E-state index contributed by atoms with van der Waals surface area (Å²) < 4.78 is 12.8. The van der Waals surface area contributed by atoms with Crippen molar-refractivity contribution in [2.75, 3.05) is 25.7 Å². The van der Waals surface area contributed by atoms with Crippen LogP contribution in [0, 0.1) is 0 Å². The molecule has 1 fully saturated rings. The Labute approximate surface area is 190 Å². The molecule has 2 aliphatic rings. The van der Waals surface area contributed by atoms with Crippen molar-refractivity contribution >= 4 is 17.7 Å². The quantitative estimate of drug-likeness (QED) is 0.595. The molecule has 0 aliphatic carbocycles. The first-order valence-electron chi connectivity index (χ1n) is 10.7. The van der Waals surface area contributed by atoms with Crippen LogP contribution >= 0.6 is 11.8 Å². The number of thioether (sulfide) groups is 1. The van der Waals surface area contributed by atoms with E-state index in [1.165, 1.54) is 11.8 Å². The maximum absolute atomic E-state index is 13.2. The van der Waals surface area contributed by atoms with Gasteiger partial charge in [-0.2, -0.15) is 0 Å². The SMILES string of the molecule is COc1ccc([C@@H]2Nn3c(nnc3-c3ccccc3)S[C@@H]2C(=O)NC[C@H]2CCCO2)cc1. The molecule has 1 amide bonds. The van der Waals surface area contributed by atoms with E-state index >= 15 is 0 Å². The summed E-state index contributed by atoms with van der Waals surface area (Å²) in [6.45, 7) is 1.29. The van der Waals surface area contributed by atoms with Gasteiger partial charge < -0.3 is 20.2 Å². The van der Waals surface area contributed by atoms with Crippen molar-refractivity contribution < 1.29 is 14.3 Å². The number of aromatic nitrogens is 3. The van der Waals surface area contributed by atoms with Gasteiger partial charge in [-0.1, -0.05) is 54.2 Å². The predicted octanol–water partition coefficient (Wildman–Crippen LogP) is 3.01. The fraction of sp³-hybridized carbons (Fsp3) is 0.348. The highest BCUT2D eigenvalue weighted by atomic mass is 32.2. The molecular formula is C23H25N5O3S. The largest absolute Gasteiger partial charge is 0.497 e. The monoisotopic (exact) mass is 451 g/mol. The molecule has 0 radical (unpaired) electrons. The van der Waals surface area contributed by atoms with Crippen LogP contribution < -0.4 is 15.5 Å². The number of nitrogens with zero attached hydrogens (tertiary/aromatic N) is 3. The first-order chi connectivity index (χ1) is 15.7. The van der Waals surface area contributed by atoms with Gasteiger partial charge >= 0.3 is 0 Å². The first kappa shape index (κ1) is 20.8. The number of fused-ring (bicyclic) bond motifs is 1. The Hall–Kier alpha value is -3.04. The molecule has 1 saturated heterocycles. The minimum absolute atomic E-state index is 0.0469. The smallest absolute Gasteiger partial charge is 0.236 e. The normalized spacial score (nSPS) is 22.1. The number of methoxy groups -OCH3 is 1. The molecule has 1 aromatic heterocycles. The Balaban J connectivity index is 1.44. The van der Waals surface area contributed by atoms with Crippen LogP contribution in [0.2, 0.25) is 0 Å². The van der Waals surface area contributed by atoms with Gasteiger partial charge in [0.15, 0.2) is 5.82 Å². The maximum atomic E-state index is 13.2. The van der Waals surface area contributed by atoms with Crippen molar-refractivity contribution in [1.29, 1.82) is 0 Å². The van der Waals surface area contributed by atoms with E-state index in [9.17, 15) is 4.79 Å². The maximum Gasteiger partial charge on any atom is 0.236 e. The minimum Gasteiger partial charge on any atom is -0.497 e. The van der Waals surface area contributed by atoms with Crippen LogP contribution in [-0.2, 0) is 9.53 Å². The lowest BCUT2D eigenvalue weighted by Gasteiger charge is -2.33. The van der Waals surface area contributed by atoms with E-state index in [2.05, 4.69) is 20.9 Å². The van der Waals surface area contributed by atoms with E-state index in [0.29, 0.717) is 17.5 Å². The topological polar surface area (TPSA) is 90.3 Å². The molecule has 3 aromatic rings. The number of benzene rings is 2. The van der Waals surface area contributed by atoms with Gasteiger partial charge in [-0.25, -0.2) is 4.68 Å². The molecular weight excluding hydrogens is 426 g/mol. The molecule has 9 heteroatoms. The Bertz CT molecular complexity index is 1070. The van der Waals surface area contributed by atoms with Crippen LogP contribution in [0.25, 0.3) is 11.4 Å². The third-order valence-corrected chi connectivity index (χ3v) is 6.95. The van der Waals surface area contributed by atoms with E-state index in [-0.39, 0.29) is 18.1 Å². The molecule has 32 heavy (non-hydrogen) atoms. The van der Waals surface area contributed by atoms with E-state index in [4.69, 9.17) is 9.47 Å². The fourth-order valence-electron chi connectivity index (χ4n) is 4.01. The second-order valence-electron chi connectivity index (χ2n) is 7.81. The summed E-state index contributed by atoms with van der Waals surface area (Å²) in [4.78, 5) is 13.2. The van der Waals surface area contributed by atoms with E-state index in [1.54, 1.807) is 7.11 Å². The van der Waals surface area contributed by atoms with Crippen molar-refractivity contribution in [3.05, 3.63) is 60.2 Å². The lowest BCUT2D eigenvalue weighted by Crippen LogP contribution is -2.45. The predicted molar refractivity (Wildman–Crippen MR) is 122 cm³/mol. The average Bonchev–Trinajstić information content (AvgIpc) is 3.52. The molecule has 0 unspecified atom stereocenters. The summed E-state index contributed by atoms with van der Waals surface area (Å²) in [6, 6.07) is 17.4. The van der Waals surface area contributed by atoms with Crippen molar-refractivity contribution in [3.8, 4) is 17.1 Å². The number of amides is 1. The van der Waals surface area contributed by atoms with Gasteiger partial charge in [0, 0.05) is 18.7 Å². The molecule has 5 rings (SSSR count). The molecule has 8 nitrogen and oxygen atoms in total. The highest BCUT2D eigenvalue weighted by Gasteiger charge is 2.38. The fourth-order valence-corrected chi connectivity index (χ4v) is 5.12.